The second-order valence-electron chi connectivity index (χ2n) is 8.30. The summed E-state index contributed by atoms with van der Waals surface area (Å²) in [6.45, 7) is 3.86. The fraction of sp³-hybridized carbons (Fsp3) is 0.133. The first-order valence-electron chi connectivity index (χ1n) is 11.4. The van der Waals surface area contributed by atoms with Crippen LogP contribution in [0.15, 0.2) is 103 Å². The van der Waals surface area contributed by atoms with E-state index in [2.05, 4.69) is 48.3 Å². The molecule has 3 aromatic carbocycles. The van der Waals surface area contributed by atoms with Gasteiger partial charge in [-0.3, -0.25) is 0 Å². The van der Waals surface area contributed by atoms with Crippen molar-refractivity contribution in [1.29, 1.82) is 0 Å². The summed E-state index contributed by atoms with van der Waals surface area (Å²) in [5, 5.41) is 3.49. The first-order chi connectivity index (χ1) is 16.2. The van der Waals surface area contributed by atoms with Crippen molar-refractivity contribution in [2.75, 3.05) is 5.32 Å². The third-order valence-electron chi connectivity index (χ3n) is 6.16. The minimum absolute atomic E-state index is 0.200. The molecule has 0 saturated heterocycles. The van der Waals surface area contributed by atoms with E-state index in [-0.39, 0.29) is 5.82 Å². The Morgan fingerprint density at radius 1 is 0.879 bits per heavy atom. The molecule has 0 amide bonds. The van der Waals surface area contributed by atoms with Crippen LogP contribution in [0, 0.1) is 5.82 Å². The summed E-state index contributed by atoms with van der Waals surface area (Å²) in [6.07, 6.45) is 5.56. The number of anilines is 1. The van der Waals surface area contributed by atoms with Crippen LogP contribution in [0.1, 0.15) is 29.7 Å². The van der Waals surface area contributed by atoms with Crippen LogP contribution < -0.4 is 5.32 Å². The number of nitrogens with one attached hydrogen (secondary N) is 1. The minimum Gasteiger partial charge on any atom is -0.352 e. The quantitative estimate of drug-likeness (QED) is 0.277. The summed E-state index contributed by atoms with van der Waals surface area (Å²) < 4.78 is 15.8. The minimum atomic E-state index is -0.200. The van der Waals surface area contributed by atoms with Gasteiger partial charge in [0.1, 0.15) is 0 Å². The molecular weight excluding hydrogens is 425 g/mol. The third kappa shape index (κ3) is 4.42. The number of benzene rings is 3. The smallest absolute Gasteiger partial charge is 0.150 e. The Balaban J connectivity index is 1.52. The molecule has 1 aliphatic rings. The van der Waals surface area contributed by atoms with Crippen LogP contribution in [0.5, 0.6) is 0 Å². The Labute approximate surface area is 198 Å². The van der Waals surface area contributed by atoms with Crippen molar-refractivity contribution in [2.45, 2.75) is 25.7 Å². The zero-order valence-corrected chi connectivity index (χ0v) is 19.3. The molecule has 4 aromatic rings. The Bertz CT molecular complexity index is 1300. The lowest BCUT2D eigenvalue weighted by molar-refractivity contribution is 0.619. The van der Waals surface area contributed by atoms with E-state index < -0.39 is 0 Å². The van der Waals surface area contributed by atoms with E-state index in [9.17, 15) is 0 Å². The molecule has 1 aliphatic carbocycles. The molecule has 3 heteroatoms. The third-order valence-corrected chi connectivity index (χ3v) is 7.31. The van der Waals surface area contributed by atoms with Crippen LogP contribution >= 0.6 is 11.3 Å². The van der Waals surface area contributed by atoms with Crippen molar-refractivity contribution >= 4 is 22.7 Å². The van der Waals surface area contributed by atoms with Crippen LogP contribution in [0.3, 0.4) is 0 Å². The van der Waals surface area contributed by atoms with Gasteiger partial charge < -0.3 is 5.32 Å². The van der Waals surface area contributed by atoms with E-state index in [0.29, 0.717) is 17.7 Å². The molecule has 0 atom stereocenters. The summed E-state index contributed by atoms with van der Waals surface area (Å²) in [6, 6.07) is 28.6. The molecule has 0 radical (unpaired) electrons. The van der Waals surface area contributed by atoms with Crippen molar-refractivity contribution in [3.63, 3.8) is 0 Å². The van der Waals surface area contributed by atoms with Gasteiger partial charge in [0, 0.05) is 10.4 Å². The maximum atomic E-state index is 15.8. The van der Waals surface area contributed by atoms with Crippen molar-refractivity contribution in [3.8, 4) is 21.6 Å². The molecule has 1 fully saturated rings. The summed E-state index contributed by atoms with van der Waals surface area (Å²) >= 11 is 1.75. The van der Waals surface area contributed by atoms with E-state index in [0.717, 1.165) is 34.5 Å². The van der Waals surface area contributed by atoms with Crippen LogP contribution in [0.4, 0.5) is 10.1 Å². The molecule has 1 saturated carbocycles. The van der Waals surface area contributed by atoms with E-state index >= 15 is 4.39 Å². The highest BCUT2D eigenvalue weighted by atomic mass is 32.1. The maximum Gasteiger partial charge on any atom is 0.150 e. The number of thiophene rings is 1. The average Bonchev–Trinajstić information content (AvgIpc) is 3.31. The van der Waals surface area contributed by atoms with Crippen molar-refractivity contribution in [3.05, 3.63) is 119 Å². The largest absolute Gasteiger partial charge is 0.352 e. The van der Waals surface area contributed by atoms with E-state index in [1.54, 1.807) is 17.4 Å². The zero-order chi connectivity index (χ0) is 22.6. The predicted molar refractivity (Wildman–Crippen MR) is 140 cm³/mol. The van der Waals surface area contributed by atoms with Gasteiger partial charge in [-0.15, -0.1) is 17.9 Å². The van der Waals surface area contributed by atoms with Crippen LogP contribution in [0.2, 0.25) is 0 Å². The van der Waals surface area contributed by atoms with E-state index in [1.165, 1.54) is 22.4 Å². The molecule has 1 aromatic heterocycles. The molecule has 1 heterocycles. The predicted octanol–water partition coefficient (Wildman–Crippen LogP) is 8.96. The number of rotatable bonds is 7. The molecule has 0 unspecified atom stereocenters. The van der Waals surface area contributed by atoms with Gasteiger partial charge in [0.2, 0.25) is 0 Å². The van der Waals surface area contributed by atoms with Gasteiger partial charge >= 0.3 is 0 Å². The molecule has 5 rings (SSSR count). The molecule has 164 valence electrons. The second-order valence-corrected chi connectivity index (χ2v) is 9.38. The number of hydrogen-bond donors (Lipinski definition) is 1. The van der Waals surface area contributed by atoms with Gasteiger partial charge in [-0.2, -0.15) is 0 Å². The average molecular weight is 452 g/mol. The van der Waals surface area contributed by atoms with Gasteiger partial charge in [0.25, 0.3) is 0 Å². The molecule has 33 heavy (non-hydrogen) atoms. The summed E-state index contributed by atoms with van der Waals surface area (Å²) in [5.74, 6) is -0.200. The fourth-order valence-corrected chi connectivity index (χ4v) is 5.30. The Morgan fingerprint density at radius 2 is 1.58 bits per heavy atom. The van der Waals surface area contributed by atoms with E-state index in [4.69, 9.17) is 0 Å². The van der Waals surface area contributed by atoms with Gasteiger partial charge in [0.05, 0.1) is 16.3 Å². The standard InChI is InChI=1S/C30H26FNS/c1-2-10-25-24(21-11-5-3-6-12-21)17-18-26(29(25)31)32-30(23-15-9-16-23)28-20-19-27(33-28)22-13-7-4-8-14-22/h2-8,11-14,17-20,32H,1,9-10,15-16H2. The molecule has 1 N–H and O–H groups in total. The monoisotopic (exact) mass is 451 g/mol. The van der Waals surface area contributed by atoms with Crippen molar-refractivity contribution in [2.24, 2.45) is 0 Å². The number of allylic oxidation sites excluding steroid dienone is 2. The zero-order valence-electron chi connectivity index (χ0n) is 18.5. The summed E-state index contributed by atoms with van der Waals surface area (Å²) in [4.78, 5) is 2.37. The number of hydrogen-bond acceptors (Lipinski definition) is 2. The summed E-state index contributed by atoms with van der Waals surface area (Å²) in [7, 11) is 0. The SMILES string of the molecule is C=CCc1c(-c2ccccc2)ccc(NC(=C2CCC2)c2ccc(-c3ccccc3)s2)c1F. The fourth-order valence-electron chi connectivity index (χ4n) is 4.24. The number of halogens is 1. The molecule has 1 nitrogen and oxygen atoms in total. The molecular formula is C30H26FNS. The molecule has 0 bridgehead atoms. The Hall–Kier alpha value is -3.43. The van der Waals surface area contributed by atoms with Crippen molar-refractivity contribution < 1.29 is 4.39 Å². The summed E-state index contributed by atoms with van der Waals surface area (Å²) in [5.41, 5.74) is 6.77. The Kier molecular flexibility index (Phi) is 6.23. The van der Waals surface area contributed by atoms with Gasteiger partial charge in [0.15, 0.2) is 5.82 Å². The Morgan fingerprint density at radius 3 is 2.21 bits per heavy atom. The van der Waals surface area contributed by atoms with E-state index in [1.807, 2.05) is 48.5 Å². The van der Waals surface area contributed by atoms with Crippen molar-refractivity contribution in [1.82, 2.24) is 0 Å². The highest BCUT2D eigenvalue weighted by Crippen LogP contribution is 2.40. The lowest BCUT2D eigenvalue weighted by atomic mass is 9.89. The van der Waals surface area contributed by atoms with Gasteiger partial charge in [-0.1, -0.05) is 72.8 Å². The first kappa shape index (κ1) is 21.4. The van der Waals surface area contributed by atoms with Crippen LogP contribution in [-0.2, 0) is 6.42 Å². The topological polar surface area (TPSA) is 12.0 Å². The van der Waals surface area contributed by atoms with Crippen LogP contribution in [-0.4, -0.2) is 0 Å². The van der Waals surface area contributed by atoms with Crippen LogP contribution in [0.25, 0.3) is 27.3 Å². The maximum absolute atomic E-state index is 15.8. The highest BCUT2D eigenvalue weighted by Gasteiger charge is 2.21. The normalized spacial score (nSPS) is 12.8. The van der Waals surface area contributed by atoms with Gasteiger partial charge in [-0.05, 0) is 66.1 Å². The lowest BCUT2D eigenvalue weighted by Crippen LogP contribution is -2.09. The molecule has 0 aliphatic heterocycles. The highest BCUT2D eigenvalue weighted by molar-refractivity contribution is 7.16. The molecule has 0 spiro atoms. The van der Waals surface area contributed by atoms with Gasteiger partial charge in [-0.25, -0.2) is 4.39 Å². The first-order valence-corrected chi connectivity index (χ1v) is 12.2. The second kappa shape index (κ2) is 9.60. The lowest BCUT2D eigenvalue weighted by Gasteiger charge is -2.23.